The van der Waals surface area contributed by atoms with Gasteiger partial charge in [0.2, 0.25) is 0 Å². The van der Waals surface area contributed by atoms with E-state index < -0.39 is 0 Å². The lowest BCUT2D eigenvalue weighted by Gasteiger charge is -2.18. The molecular formula is C12H18N2O2. The van der Waals surface area contributed by atoms with Crippen LogP contribution in [-0.4, -0.2) is 31.2 Å². The summed E-state index contributed by atoms with van der Waals surface area (Å²) < 4.78 is 0. The molecule has 0 saturated heterocycles. The van der Waals surface area contributed by atoms with E-state index in [1.807, 2.05) is 32.0 Å². The Morgan fingerprint density at radius 1 is 1.38 bits per heavy atom. The Bertz CT molecular complexity index is 364. The first-order valence-electron chi connectivity index (χ1n) is 5.24. The average Bonchev–Trinajstić information content (AvgIpc) is 2.27. The van der Waals surface area contributed by atoms with E-state index in [2.05, 4.69) is 5.32 Å². The van der Waals surface area contributed by atoms with Gasteiger partial charge in [-0.1, -0.05) is 12.1 Å². The normalized spacial score (nSPS) is 10.3. The van der Waals surface area contributed by atoms with E-state index in [1.165, 1.54) is 12.2 Å². The van der Waals surface area contributed by atoms with Crippen LogP contribution in [-0.2, 0) is 4.84 Å². The second-order valence-corrected chi connectivity index (χ2v) is 3.83. The number of para-hydroxylation sites is 1. The number of nitrogens with zero attached hydrogens (tertiary/aromatic N) is 1. The van der Waals surface area contributed by atoms with Gasteiger partial charge in [-0.25, -0.2) is 5.06 Å². The molecule has 1 amide bonds. The van der Waals surface area contributed by atoms with Crippen LogP contribution in [0.25, 0.3) is 0 Å². The van der Waals surface area contributed by atoms with Crippen LogP contribution < -0.4 is 5.32 Å². The predicted octanol–water partition coefficient (Wildman–Crippen LogP) is 2.14. The fourth-order valence-electron chi connectivity index (χ4n) is 1.36. The van der Waals surface area contributed by atoms with E-state index in [4.69, 9.17) is 4.84 Å². The number of amides is 1. The summed E-state index contributed by atoms with van der Waals surface area (Å²) in [4.78, 5) is 16.8. The first kappa shape index (κ1) is 12.5. The van der Waals surface area contributed by atoms with Crippen molar-refractivity contribution in [3.8, 4) is 0 Å². The van der Waals surface area contributed by atoms with Gasteiger partial charge in [-0.3, -0.25) is 9.63 Å². The van der Waals surface area contributed by atoms with Crippen molar-refractivity contribution in [1.82, 2.24) is 5.06 Å². The number of rotatable bonds is 4. The van der Waals surface area contributed by atoms with Crippen LogP contribution in [0.15, 0.2) is 24.3 Å². The monoisotopic (exact) mass is 222 g/mol. The molecule has 0 atom stereocenters. The topological polar surface area (TPSA) is 41.6 Å². The van der Waals surface area contributed by atoms with Gasteiger partial charge in [-0.15, -0.1) is 0 Å². The van der Waals surface area contributed by atoms with Crippen LogP contribution >= 0.6 is 0 Å². The molecule has 1 aromatic carbocycles. The average molecular weight is 222 g/mol. The Morgan fingerprint density at radius 2 is 2.00 bits per heavy atom. The lowest BCUT2D eigenvalue weighted by molar-refractivity contribution is -0.0756. The van der Waals surface area contributed by atoms with E-state index >= 15 is 0 Å². The van der Waals surface area contributed by atoms with Crippen LogP contribution in [0.5, 0.6) is 0 Å². The Labute approximate surface area is 96.2 Å². The van der Waals surface area contributed by atoms with Crippen LogP contribution in [0.4, 0.5) is 5.69 Å². The fraction of sp³-hybridized carbons (Fsp3) is 0.417. The molecule has 4 nitrogen and oxygen atoms in total. The number of hydrogen-bond acceptors (Lipinski definition) is 3. The molecule has 1 aromatic rings. The van der Waals surface area contributed by atoms with E-state index in [1.54, 1.807) is 13.1 Å². The summed E-state index contributed by atoms with van der Waals surface area (Å²) in [5.74, 6) is -0.161. The Kier molecular flexibility index (Phi) is 4.31. The van der Waals surface area contributed by atoms with Gasteiger partial charge < -0.3 is 5.32 Å². The predicted molar refractivity (Wildman–Crippen MR) is 64.3 cm³/mol. The first-order chi connectivity index (χ1) is 7.56. The molecule has 0 aliphatic heterocycles. The van der Waals surface area contributed by atoms with Crippen molar-refractivity contribution in [2.24, 2.45) is 0 Å². The highest BCUT2D eigenvalue weighted by molar-refractivity contribution is 5.98. The zero-order valence-corrected chi connectivity index (χ0v) is 10.2. The van der Waals surface area contributed by atoms with Crippen LogP contribution in [0.2, 0.25) is 0 Å². The quantitative estimate of drug-likeness (QED) is 0.793. The molecule has 0 saturated carbocycles. The van der Waals surface area contributed by atoms with Gasteiger partial charge in [0, 0.05) is 18.8 Å². The van der Waals surface area contributed by atoms with Crippen LogP contribution in [0.3, 0.4) is 0 Å². The summed E-state index contributed by atoms with van der Waals surface area (Å²) in [6.07, 6.45) is 0. The summed E-state index contributed by atoms with van der Waals surface area (Å²) in [5.41, 5.74) is 1.44. The molecule has 0 radical (unpaired) electrons. The van der Waals surface area contributed by atoms with Gasteiger partial charge in [-0.05, 0) is 26.0 Å². The zero-order chi connectivity index (χ0) is 12.1. The Morgan fingerprint density at radius 3 is 2.56 bits per heavy atom. The summed E-state index contributed by atoms with van der Waals surface area (Å²) in [7, 11) is 3.06. The Hall–Kier alpha value is -1.55. The maximum absolute atomic E-state index is 11.9. The van der Waals surface area contributed by atoms with Gasteiger partial charge in [0.15, 0.2) is 0 Å². The van der Waals surface area contributed by atoms with Crippen LogP contribution in [0, 0.1) is 0 Å². The van der Waals surface area contributed by atoms with Crippen molar-refractivity contribution in [3.05, 3.63) is 29.8 Å². The highest BCUT2D eigenvalue weighted by atomic mass is 16.7. The number of carbonyl (C=O) groups is 1. The van der Waals surface area contributed by atoms with Gasteiger partial charge in [-0.2, -0.15) is 0 Å². The summed E-state index contributed by atoms with van der Waals surface area (Å²) in [6, 6.07) is 7.68. The lowest BCUT2D eigenvalue weighted by atomic mass is 10.1. The number of carbonyl (C=O) groups excluding carboxylic acids is 1. The lowest BCUT2D eigenvalue weighted by Crippen LogP contribution is -2.26. The minimum absolute atomic E-state index is 0.161. The van der Waals surface area contributed by atoms with E-state index in [0.29, 0.717) is 5.56 Å². The molecule has 0 bridgehead atoms. The van der Waals surface area contributed by atoms with Gasteiger partial charge in [0.05, 0.1) is 12.7 Å². The number of hydroxylamine groups is 2. The minimum atomic E-state index is -0.161. The fourth-order valence-corrected chi connectivity index (χ4v) is 1.36. The number of hydrogen-bond donors (Lipinski definition) is 1. The second kappa shape index (κ2) is 5.51. The smallest absolute Gasteiger partial charge is 0.279 e. The molecule has 0 aromatic heterocycles. The molecule has 0 aliphatic rings. The van der Waals surface area contributed by atoms with Crippen LogP contribution in [0.1, 0.15) is 24.2 Å². The highest BCUT2D eigenvalue weighted by Crippen LogP contribution is 2.17. The maximum atomic E-state index is 11.9. The number of anilines is 1. The highest BCUT2D eigenvalue weighted by Gasteiger charge is 2.15. The van der Waals surface area contributed by atoms with Gasteiger partial charge >= 0.3 is 0 Å². The van der Waals surface area contributed by atoms with Crippen molar-refractivity contribution < 1.29 is 9.63 Å². The third-order valence-corrected chi connectivity index (χ3v) is 2.16. The minimum Gasteiger partial charge on any atom is -0.382 e. The first-order valence-corrected chi connectivity index (χ1v) is 5.24. The summed E-state index contributed by atoms with van der Waals surface area (Å²) in [5, 5.41) is 4.44. The molecule has 1 rings (SSSR count). The molecule has 0 unspecified atom stereocenters. The maximum Gasteiger partial charge on any atom is 0.279 e. The van der Waals surface area contributed by atoms with Crippen molar-refractivity contribution in [2.75, 3.05) is 19.5 Å². The van der Waals surface area contributed by atoms with Crippen molar-refractivity contribution in [1.29, 1.82) is 0 Å². The molecule has 0 heterocycles. The van der Waals surface area contributed by atoms with E-state index in [-0.39, 0.29) is 11.9 Å². The van der Waals surface area contributed by atoms with E-state index in [0.717, 1.165) is 5.69 Å². The molecule has 88 valence electrons. The number of nitrogens with one attached hydrogen (secondary N) is 1. The number of benzene rings is 1. The molecule has 0 aliphatic carbocycles. The standard InChI is InChI=1S/C12H18N2O2/c1-9(2)13-11-8-6-5-7-10(11)12(15)14(3)16-4/h5-9,13H,1-4H3. The summed E-state index contributed by atoms with van der Waals surface area (Å²) in [6.45, 7) is 4.06. The molecular weight excluding hydrogens is 204 g/mol. The zero-order valence-electron chi connectivity index (χ0n) is 10.2. The molecule has 4 heteroatoms. The van der Waals surface area contributed by atoms with Gasteiger partial charge in [0.25, 0.3) is 5.91 Å². The van der Waals surface area contributed by atoms with Crippen molar-refractivity contribution in [3.63, 3.8) is 0 Å². The van der Waals surface area contributed by atoms with Gasteiger partial charge in [0.1, 0.15) is 0 Å². The molecule has 16 heavy (non-hydrogen) atoms. The molecule has 0 fully saturated rings. The third-order valence-electron chi connectivity index (χ3n) is 2.16. The SMILES string of the molecule is CON(C)C(=O)c1ccccc1NC(C)C. The molecule has 1 N–H and O–H groups in total. The molecule has 0 spiro atoms. The van der Waals surface area contributed by atoms with Crippen molar-refractivity contribution in [2.45, 2.75) is 19.9 Å². The Balaban J connectivity index is 2.98. The largest absolute Gasteiger partial charge is 0.382 e. The third kappa shape index (κ3) is 2.97. The summed E-state index contributed by atoms with van der Waals surface area (Å²) >= 11 is 0. The second-order valence-electron chi connectivity index (χ2n) is 3.83. The van der Waals surface area contributed by atoms with E-state index in [9.17, 15) is 4.79 Å². The van der Waals surface area contributed by atoms with Crippen molar-refractivity contribution >= 4 is 11.6 Å².